The average molecular weight is 291 g/mol. The van der Waals surface area contributed by atoms with Gasteiger partial charge in [0.2, 0.25) is 0 Å². The lowest BCUT2D eigenvalue weighted by Gasteiger charge is -2.17. The van der Waals surface area contributed by atoms with Crippen molar-refractivity contribution in [2.75, 3.05) is 11.9 Å². The first-order valence-electron chi connectivity index (χ1n) is 5.76. The number of thiazole rings is 1. The smallest absolute Gasteiger partial charge is 0.356 e. The van der Waals surface area contributed by atoms with Crippen LogP contribution in [0, 0.1) is 5.82 Å². The molecule has 0 aliphatic heterocycles. The lowest BCUT2D eigenvalue weighted by atomic mass is 10.2. The normalized spacial score (nSPS) is 10.9. The van der Waals surface area contributed by atoms with Gasteiger partial charge in [0.25, 0.3) is 0 Å². The topological polar surface area (TPSA) is 57.8 Å². The quantitative estimate of drug-likeness (QED) is 0.806. The molecule has 2 heterocycles. The van der Waals surface area contributed by atoms with Gasteiger partial charge in [-0.25, -0.2) is 14.2 Å². The zero-order chi connectivity index (χ0) is 14.3. The fraction of sp³-hybridized carbons (Fsp3) is 0.0769. The summed E-state index contributed by atoms with van der Waals surface area (Å²) in [4.78, 5) is 17.7. The van der Waals surface area contributed by atoms with Gasteiger partial charge >= 0.3 is 5.97 Å². The van der Waals surface area contributed by atoms with E-state index in [1.54, 1.807) is 36.8 Å². The minimum absolute atomic E-state index is 0.0204. The van der Waals surface area contributed by atoms with Crippen LogP contribution in [0.1, 0.15) is 10.5 Å². The van der Waals surface area contributed by atoms with Crippen LogP contribution in [0.3, 0.4) is 0 Å². The van der Waals surface area contributed by atoms with E-state index in [0.29, 0.717) is 4.96 Å². The van der Waals surface area contributed by atoms with E-state index in [9.17, 15) is 14.3 Å². The number of aromatic carboxylic acids is 1. The Morgan fingerprint density at radius 2 is 2.20 bits per heavy atom. The van der Waals surface area contributed by atoms with Crippen LogP contribution >= 0.6 is 11.3 Å². The minimum atomic E-state index is -1.10. The molecule has 0 saturated carbocycles. The van der Waals surface area contributed by atoms with E-state index < -0.39 is 11.8 Å². The van der Waals surface area contributed by atoms with Crippen molar-refractivity contribution in [2.24, 2.45) is 0 Å². The van der Waals surface area contributed by atoms with Crippen LogP contribution in [0.4, 0.5) is 15.9 Å². The highest BCUT2D eigenvalue weighted by molar-refractivity contribution is 7.15. The molecule has 20 heavy (non-hydrogen) atoms. The molecule has 7 heteroatoms. The standard InChI is InChI=1S/C13H10FN3O2S/c1-16(9-5-3-2-4-8(9)14)11-10(12(18)19)17-6-7-20-13(17)15-11/h2-7H,1H3,(H,18,19). The second-order valence-corrected chi connectivity index (χ2v) is 5.03. The number of hydrogen-bond acceptors (Lipinski definition) is 4. The Hall–Kier alpha value is -2.41. The summed E-state index contributed by atoms with van der Waals surface area (Å²) < 4.78 is 15.3. The number of benzene rings is 1. The van der Waals surface area contributed by atoms with Crippen LogP contribution < -0.4 is 4.90 Å². The molecule has 0 radical (unpaired) electrons. The number of imidazole rings is 1. The van der Waals surface area contributed by atoms with Crippen LogP contribution in [-0.4, -0.2) is 27.5 Å². The van der Waals surface area contributed by atoms with E-state index >= 15 is 0 Å². The van der Waals surface area contributed by atoms with E-state index in [4.69, 9.17) is 0 Å². The fourth-order valence-electron chi connectivity index (χ4n) is 2.04. The van der Waals surface area contributed by atoms with Crippen molar-refractivity contribution in [1.29, 1.82) is 0 Å². The molecule has 5 nitrogen and oxygen atoms in total. The summed E-state index contributed by atoms with van der Waals surface area (Å²) in [5.41, 5.74) is 0.299. The number of nitrogens with zero attached hydrogens (tertiary/aromatic N) is 3. The Morgan fingerprint density at radius 3 is 2.90 bits per heavy atom. The van der Waals surface area contributed by atoms with E-state index in [1.165, 1.54) is 26.7 Å². The number of para-hydroxylation sites is 1. The van der Waals surface area contributed by atoms with Crippen molar-refractivity contribution in [3.8, 4) is 0 Å². The number of anilines is 2. The van der Waals surface area contributed by atoms with Crippen molar-refractivity contribution in [1.82, 2.24) is 9.38 Å². The summed E-state index contributed by atoms with van der Waals surface area (Å²) in [6.07, 6.45) is 1.63. The van der Waals surface area contributed by atoms with Gasteiger partial charge in [-0.3, -0.25) is 4.40 Å². The monoisotopic (exact) mass is 291 g/mol. The second-order valence-electron chi connectivity index (χ2n) is 4.16. The molecule has 1 N–H and O–H groups in total. The van der Waals surface area contributed by atoms with E-state index in [2.05, 4.69) is 4.98 Å². The Morgan fingerprint density at radius 1 is 1.45 bits per heavy atom. The van der Waals surface area contributed by atoms with Gasteiger partial charge in [0, 0.05) is 18.6 Å². The average Bonchev–Trinajstić information content (AvgIpc) is 2.97. The Balaban J connectivity index is 2.19. The van der Waals surface area contributed by atoms with Crippen LogP contribution in [0.5, 0.6) is 0 Å². The molecule has 0 aliphatic rings. The SMILES string of the molecule is CN(c1ccccc1F)c1nc2sccn2c1C(=O)O. The van der Waals surface area contributed by atoms with E-state index in [0.717, 1.165) is 0 Å². The zero-order valence-electron chi connectivity index (χ0n) is 10.4. The second kappa shape index (κ2) is 4.61. The molecule has 0 unspecified atom stereocenters. The summed E-state index contributed by atoms with van der Waals surface area (Å²) in [6.45, 7) is 0. The molecule has 1 aromatic carbocycles. The van der Waals surface area contributed by atoms with Crippen LogP contribution in [-0.2, 0) is 0 Å². The van der Waals surface area contributed by atoms with Crippen LogP contribution in [0.15, 0.2) is 35.8 Å². The molecule has 0 aliphatic carbocycles. The van der Waals surface area contributed by atoms with Crippen molar-refractivity contribution in [2.45, 2.75) is 0 Å². The summed E-state index contributed by atoms with van der Waals surface area (Å²) in [5.74, 6) is -1.31. The number of halogens is 1. The van der Waals surface area contributed by atoms with Gasteiger partial charge in [-0.05, 0) is 12.1 Å². The third kappa shape index (κ3) is 1.83. The minimum Gasteiger partial charge on any atom is -0.476 e. The molecule has 2 aromatic heterocycles. The Labute approximate surface area is 117 Å². The Kier molecular flexibility index (Phi) is 2.90. The lowest BCUT2D eigenvalue weighted by Crippen LogP contribution is -2.16. The van der Waals surface area contributed by atoms with Gasteiger partial charge in [-0.15, -0.1) is 11.3 Å². The van der Waals surface area contributed by atoms with Crippen molar-refractivity contribution >= 4 is 33.8 Å². The molecule has 0 atom stereocenters. The Bertz CT molecular complexity index is 796. The molecule has 102 valence electrons. The van der Waals surface area contributed by atoms with Gasteiger partial charge in [0.1, 0.15) is 5.82 Å². The highest BCUT2D eigenvalue weighted by Gasteiger charge is 2.24. The number of carbonyl (C=O) groups is 1. The van der Waals surface area contributed by atoms with Gasteiger partial charge in [-0.2, -0.15) is 0 Å². The third-order valence-electron chi connectivity index (χ3n) is 2.98. The molecule has 0 spiro atoms. The molecule has 0 bridgehead atoms. The van der Waals surface area contributed by atoms with Gasteiger partial charge in [0.15, 0.2) is 16.5 Å². The zero-order valence-corrected chi connectivity index (χ0v) is 11.3. The molecule has 0 saturated heterocycles. The first-order valence-corrected chi connectivity index (χ1v) is 6.64. The number of fused-ring (bicyclic) bond motifs is 1. The predicted molar refractivity (Wildman–Crippen MR) is 74.5 cm³/mol. The maximum Gasteiger partial charge on any atom is 0.356 e. The summed E-state index contributed by atoms with van der Waals surface area (Å²) in [7, 11) is 1.59. The third-order valence-corrected chi connectivity index (χ3v) is 3.73. The van der Waals surface area contributed by atoms with Gasteiger partial charge < -0.3 is 10.0 Å². The van der Waals surface area contributed by atoms with Crippen molar-refractivity contribution < 1.29 is 14.3 Å². The number of aromatic nitrogens is 2. The molecule has 3 rings (SSSR count). The molecule has 0 amide bonds. The number of hydrogen-bond donors (Lipinski definition) is 1. The summed E-state index contributed by atoms with van der Waals surface area (Å²) in [5, 5.41) is 11.1. The maximum atomic E-state index is 13.8. The summed E-state index contributed by atoms with van der Waals surface area (Å²) >= 11 is 1.32. The van der Waals surface area contributed by atoms with Gasteiger partial charge in [-0.1, -0.05) is 12.1 Å². The van der Waals surface area contributed by atoms with Crippen LogP contribution in [0.2, 0.25) is 0 Å². The van der Waals surface area contributed by atoms with Crippen molar-refractivity contribution in [3.63, 3.8) is 0 Å². The first kappa shape index (κ1) is 12.6. The number of carboxylic acid groups (broad SMARTS) is 1. The van der Waals surface area contributed by atoms with E-state index in [1.807, 2.05) is 0 Å². The largest absolute Gasteiger partial charge is 0.476 e. The van der Waals surface area contributed by atoms with E-state index in [-0.39, 0.29) is 17.2 Å². The molecular formula is C13H10FN3O2S. The molecular weight excluding hydrogens is 281 g/mol. The van der Waals surface area contributed by atoms with Crippen LogP contribution in [0.25, 0.3) is 4.96 Å². The maximum absolute atomic E-state index is 13.8. The predicted octanol–water partition coefficient (Wildman–Crippen LogP) is 3.00. The lowest BCUT2D eigenvalue weighted by molar-refractivity contribution is 0.0690. The molecule has 0 fully saturated rings. The summed E-state index contributed by atoms with van der Waals surface area (Å²) in [6, 6.07) is 6.17. The highest BCUT2D eigenvalue weighted by Crippen LogP contribution is 2.30. The number of rotatable bonds is 3. The van der Waals surface area contributed by atoms with Crippen molar-refractivity contribution in [3.05, 3.63) is 47.4 Å². The highest BCUT2D eigenvalue weighted by atomic mass is 32.1. The fourth-order valence-corrected chi connectivity index (χ4v) is 2.75. The number of carboxylic acids is 1. The van der Waals surface area contributed by atoms with Gasteiger partial charge in [0.05, 0.1) is 5.69 Å². The molecule has 3 aromatic rings. The first-order chi connectivity index (χ1) is 9.59.